The zero-order chi connectivity index (χ0) is 14.4. The maximum Gasteiger partial charge on any atom is 0.225 e. The lowest BCUT2D eigenvalue weighted by Crippen LogP contribution is -2.13. The lowest BCUT2D eigenvalue weighted by Gasteiger charge is -2.08. The number of nitrogens with two attached hydrogens (primary N) is 1. The number of nitrogens with one attached hydrogen (secondary N) is 1. The number of amides is 1. The van der Waals surface area contributed by atoms with Crippen molar-refractivity contribution < 1.29 is 4.79 Å². The molecule has 20 heavy (non-hydrogen) atoms. The highest BCUT2D eigenvalue weighted by Crippen LogP contribution is 2.19. The molecule has 1 aromatic carbocycles. The van der Waals surface area contributed by atoms with Crippen LogP contribution in [0.25, 0.3) is 0 Å². The fourth-order valence-electron chi connectivity index (χ4n) is 1.65. The minimum Gasteiger partial charge on any atom is -0.399 e. The van der Waals surface area contributed by atoms with Crippen molar-refractivity contribution in [3.8, 4) is 0 Å². The monoisotopic (exact) mass is 288 g/mol. The number of aryl methyl sites for hydroxylation is 1. The van der Waals surface area contributed by atoms with Gasteiger partial charge in [0.2, 0.25) is 5.91 Å². The highest BCUT2D eigenvalue weighted by atomic mass is 32.2. The normalized spacial score (nSPS) is 10.2. The second-order valence-electron chi connectivity index (χ2n) is 4.26. The van der Waals surface area contributed by atoms with Crippen molar-refractivity contribution in [1.29, 1.82) is 0 Å². The molecule has 3 N–H and O–H groups in total. The van der Waals surface area contributed by atoms with E-state index in [1.54, 1.807) is 24.7 Å². The first-order chi connectivity index (χ1) is 9.65. The van der Waals surface area contributed by atoms with E-state index < -0.39 is 0 Å². The number of anilines is 2. The van der Waals surface area contributed by atoms with E-state index in [9.17, 15) is 4.79 Å². The van der Waals surface area contributed by atoms with Crippen molar-refractivity contribution in [2.24, 2.45) is 0 Å². The summed E-state index contributed by atoms with van der Waals surface area (Å²) in [5.74, 6) is 0.646. The minimum absolute atomic E-state index is 0.0192. The lowest BCUT2D eigenvalue weighted by atomic mass is 10.2. The molecule has 1 heterocycles. The fraction of sp³-hybridized carbons (Fsp3) is 0.214. The molecule has 0 aliphatic heterocycles. The van der Waals surface area contributed by atoms with E-state index in [1.807, 2.05) is 19.1 Å². The van der Waals surface area contributed by atoms with Crippen LogP contribution in [0.2, 0.25) is 0 Å². The molecule has 6 heteroatoms. The van der Waals surface area contributed by atoms with Crippen LogP contribution in [0, 0.1) is 6.92 Å². The van der Waals surface area contributed by atoms with Gasteiger partial charge in [-0.15, -0.1) is 11.8 Å². The van der Waals surface area contributed by atoms with Crippen LogP contribution in [0.15, 0.2) is 41.8 Å². The van der Waals surface area contributed by atoms with Crippen molar-refractivity contribution >= 4 is 29.0 Å². The molecule has 0 atom stereocenters. The van der Waals surface area contributed by atoms with Crippen LogP contribution in [0.1, 0.15) is 12.0 Å². The first-order valence-electron chi connectivity index (χ1n) is 6.20. The van der Waals surface area contributed by atoms with Crippen LogP contribution in [0.3, 0.4) is 0 Å². The van der Waals surface area contributed by atoms with Gasteiger partial charge in [0.25, 0.3) is 0 Å². The van der Waals surface area contributed by atoms with E-state index in [0.29, 0.717) is 17.9 Å². The van der Waals surface area contributed by atoms with Crippen molar-refractivity contribution in [3.63, 3.8) is 0 Å². The summed E-state index contributed by atoms with van der Waals surface area (Å²) in [4.78, 5) is 20.0. The average Bonchev–Trinajstić information content (AvgIpc) is 2.43. The van der Waals surface area contributed by atoms with E-state index in [0.717, 1.165) is 16.3 Å². The van der Waals surface area contributed by atoms with Gasteiger partial charge in [-0.2, -0.15) is 0 Å². The zero-order valence-corrected chi connectivity index (χ0v) is 12.0. The Morgan fingerprint density at radius 3 is 2.95 bits per heavy atom. The molecule has 0 spiro atoms. The van der Waals surface area contributed by atoms with Crippen LogP contribution in [0.4, 0.5) is 11.4 Å². The highest BCUT2D eigenvalue weighted by Gasteiger charge is 2.05. The van der Waals surface area contributed by atoms with E-state index >= 15 is 0 Å². The largest absolute Gasteiger partial charge is 0.399 e. The summed E-state index contributed by atoms with van der Waals surface area (Å²) < 4.78 is 0. The van der Waals surface area contributed by atoms with Gasteiger partial charge in [0.05, 0.1) is 6.20 Å². The van der Waals surface area contributed by atoms with Crippen molar-refractivity contribution in [2.45, 2.75) is 18.4 Å². The molecule has 0 unspecified atom stereocenters. The molecule has 0 bridgehead atoms. The van der Waals surface area contributed by atoms with Gasteiger partial charge in [0, 0.05) is 35.9 Å². The van der Waals surface area contributed by atoms with Crippen LogP contribution < -0.4 is 11.1 Å². The number of carbonyl (C=O) groups excluding carboxylic acids is 1. The van der Waals surface area contributed by atoms with Crippen LogP contribution in [-0.4, -0.2) is 21.6 Å². The maximum atomic E-state index is 11.8. The minimum atomic E-state index is -0.0192. The van der Waals surface area contributed by atoms with Gasteiger partial charge >= 0.3 is 0 Å². The summed E-state index contributed by atoms with van der Waals surface area (Å²) in [5.41, 5.74) is 8.13. The lowest BCUT2D eigenvalue weighted by molar-refractivity contribution is -0.115. The maximum absolute atomic E-state index is 11.8. The number of hydrogen-bond donors (Lipinski definition) is 2. The molecule has 1 amide bonds. The molecular formula is C14H16N4OS. The zero-order valence-electron chi connectivity index (χ0n) is 11.2. The summed E-state index contributed by atoms with van der Waals surface area (Å²) in [7, 11) is 0. The number of thioether (sulfide) groups is 1. The fourth-order valence-corrected chi connectivity index (χ4v) is 2.42. The first-order valence-corrected chi connectivity index (χ1v) is 7.18. The number of hydrogen-bond acceptors (Lipinski definition) is 5. The van der Waals surface area contributed by atoms with Gasteiger partial charge in [-0.3, -0.25) is 9.78 Å². The summed E-state index contributed by atoms with van der Waals surface area (Å²) >= 11 is 1.51. The quantitative estimate of drug-likeness (QED) is 0.652. The third kappa shape index (κ3) is 4.24. The standard InChI is InChI=1S/C14H16N4OS/c1-10-8-11(15)2-3-12(10)18-13(19)4-7-20-14-9-16-5-6-17-14/h2-3,5-6,8-9H,4,7,15H2,1H3,(H,18,19). The van der Waals surface area contributed by atoms with E-state index in [1.165, 1.54) is 11.8 Å². The Hall–Kier alpha value is -2.08. The van der Waals surface area contributed by atoms with Crippen molar-refractivity contribution in [2.75, 3.05) is 16.8 Å². The number of aromatic nitrogens is 2. The number of nitrogens with zero attached hydrogens (tertiary/aromatic N) is 2. The van der Waals surface area contributed by atoms with Gasteiger partial charge in [0.1, 0.15) is 5.03 Å². The predicted molar refractivity (Wildman–Crippen MR) is 81.6 cm³/mol. The van der Waals surface area contributed by atoms with Gasteiger partial charge in [-0.25, -0.2) is 4.98 Å². The molecule has 2 rings (SSSR count). The molecule has 2 aromatic rings. The molecule has 0 saturated carbocycles. The van der Waals surface area contributed by atoms with Gasteiger partial charge in [-0.05, 0) is 30.7 Å². The van der Waals surface area contributed by atoms with Crippen molar-refractivity contribution in [3.05, 3.63) is 42.4 Å². The summed E-state index contributed by atoms with van der Waals surface area (Å²) in [6.07, 6.45) is 5.37. The SMILES string of the molecule is Cc1cc(N)ccc1NC(=O)CCSc1cnccn1. The Kier molecular flexibility index (Phi) is 4.95. The number of carbonyl (C=O) groups is 1. The molecule has 104 valence electrons. The van der Waals surface area contributed by atoms with Crippen LogP contribution in [-0.2, 0) is 4.79 Å². The highest BCUT2D eigenvalue weighted by molar-refractivity contribution is 7.99. The smallest absolute Gasteiger partial charge is 0.225 e. The molecule has 1 aromatic heterocycles. The Balaban J connectivity index is 1.81. The van der Waals surface area contributed by atoms with Gasteiger partial charge in [0.15, 0.2) is 0 Å². The molecule has 0 fully saturated rings. The Morgan fingerprint density at radius 2 is 2.25 bits per heavy atom. The number of benzene rings is 1. The second-order valence-corrected chi connectivity index (χ2v) is 5.38. The average molecular weight is 288 g/mol. The summed E-state index contributed by atoms with van der Waals surface area (Å²) in [5, 5.41) is 3.70. The first kappa shape index (κ1) is 14.3. The molecule has 0 aliphatic rings. The van der Waals surface area contributed by atoms with Gasteiger partial charge < -0.3 is 11.1 Å². The van der Waals surface area contributed by atoms with E-state index in [4.69, 9.17) is 5.73 Å². The Morgan fingerprint density at radius 1 is 1.40 bits per heavy atom. The third-order valence-corrected chi connectivity index (χ3v) is 3.56. The molecular weight excluding hydrogens is 272 g/mol. The topological polar surface area (TPSA) is 80.9 Å². The van der Waals surface area contributed by atoms with Crippen LogP contribution >= 0.6 is 11.8 Å². The van der Waals surface area contributed by atoms with Gasteiger partial charge in [-0.1, -0.05) is 0 Å². The predicted octanol–water partition coefficient (Wildman–Crippen LogP) is 2.49. The van der Waals surface area contributed by atoms with Crippen LogP contribution in [0.5, 0.6) is 0 Å². The molecule has 0 saturated heterocycles. The second kappa shape index (κ2) is 6.91. The van der Waals surface area contributed by atoms with E-state index in [-0.39, 0.29) is 5.91 Å². The Labute approximate surface area is 122 Å². The Bertz CT molecular complexity index is 589. The molecule has 0 radical (unpaired) electrons. The third-order valence-electron chi connectivity index (χ3n) is 2.64. The molecule has 5 nitrogen and oxygen atoms in total. The summed E-state index contributed by atoms with van der Waals surface area (Å²) in [6.45, 7) is 1.92. The van der Waals surface area contributed by atoms with Crippen molar-refractivity contribution in [1.82, 2.24) is 9.97 Å². The number of nitrogen functional groups attached to an aromatic ring is 1. The molecule has 0 aliphatic carbocycles. The summed E-state index contributed by atoms with van der Waals surface area (Å²) in [6, 6.07) is 5.43. The van der Waals surface area contributed by atoms with E-state index in [2.05, 4.69) is 15.3 Å². The number of rotatable bonds is 5.